The summed E-state index contributed by atoms with van der Waals surface area (Å²) in [5.74, 6) is -0.000807. The van der Waals surface area contributed by atoms with Gasteiger partial charge in [-0.1, -0.05) is 60.7 Å². The minimum atomic E-state index is -0.959. The van der Waals surface area contributed by atoms with Gasteiger partial charge >= 0.3 is 12.1 Å². The smallest absolute Gasteiger partial charge is 0.408 e. The number of alkyl carbamates (subject to hydrolysis) is 1. The number of hydrogen-bond donors (Lipinski definition) is 1. The molecule has 36 heavy (non-hydrogen) atoms. The number of fused-ring (bicyclic) bond motifs is 1. The standard InChI is InChI=1S/C29H36N2O5/c1-29(2,3)36-28(34)30-26(21-13-8-5-9-14-21)27(33)35-23-17-22-15-10-16-31(24(22)18-23)19-25(32)20-11-6-4-7-12-20/h4-9,11-14,22-24,26H,10,15-19H2,1-3H3,(H,30,34). The Morgan fingerprint density at radius 3 is 2.33 bits per heavy atom. The maximum Gasteiger partial charge on any atom is 0.408 e. The molecule has 192 valence electrons. The zero-order valence-corrected chi connectivity index (χ0v) is 21.3. The van der Waals surface area contributed by atoms with Gasteiger partial charge in [0.05, 0.1) is 6.54 Å². The van der Waals surface area contributed by atoms with Crippen LogP contribution in [-0.4, -0.2) is 53.6 Å². The van der Waals surface area contributed by atoms with Gasteiger partial charge in [0.1, 0.15) is 11.7 Å². The second kappa shape index (κ2) is 11.2. The Hall–Kier alpha value is -3.19. The summed E-state index contributed by atoms with van der Waals surface area (Å²) < 4.78 is 11.3. The Bertz CT molecular complexity index is 1050. The van der Waals surface area contributed by atoms with Crippen molar-refractivity contribution in [2.45, 2.75) is 70.2 Å². The first kappa shape index (κ1) is 25.9. The number of carbonyl (C=O) groups is 3. The molecule has 1 heterocycles. The Labute approximate surface area is 213 Å². The largest absolute Gasteiger partial charge is 0.461 e. The van der Waals surface area contributed by atoms with E-state index in [1.165, 1.54) is 0 Å². The van der Waals surface area contributed by atoms with Gasteiger partial charge < -0.3 is 14.8 Å². The van der Waals surface area contributed by atoms with Crippen LogP contribution in [0.2, 0.25) is 0 Å². The SMILES string of the molecule is CC(C)(C)OC(=O)NC(C(=O)OC1CC2CCCN(CC(=O)c3ccccc3)C2C1)c1ccccc1. The van der Waals surface area contributed by atoms with Gasteiger partial charge in [0.2, 0.25) is 0 Å². The number of benzene rings is 2. The fourth-order valence-corrected chi connectivity index (χ4v) is 5.31. The third-order valence-electron chi connectivity index (χ3n) is 6.86. The minimum absolute atomic E-state index is 0.113. The van der Waals surface area contributed by atoms with Gasteiger partial charge in [0.25, 0.3) is 0 Å². The molecule has 2 aromatic carbocycles. The van der Waals surface area contributed by atoms with Crippen molar-refractivity contribution in [3.05, 3.63) is 71.8 Å². The molecule has 1 aliphatic carbocycles. The summed E-state index contributed by atoms with van der Waals surface area (Å²) in [5, 5.41) is 2.69. The molecule has 1 saturated heterocycles. The van der Waals surface area contributed by atoms with Gasteiger partial charge in [-0.25, -0.2) is 9.59 Å². The van der Waals surface area contributed by atoms with E-state index in [-0.39, 0.29) is 17.9 Å². The van der Waals surface area contributed by atoms with E-state index in [4.69, 9.17) is 9.47 Å². The highest BCUT2D eigenvalue weighted by molar-refractivity contribution is 5.97. The van der Waals surface area contributed by atoms with E-state index in [0.717, 1.165) is 31.4 Å². The maximum atomic E-state index is 13.3. The molecule has 2 aromatic rings. The molecule has 0 spiro atoms. The molecule has 1 amide bonds. The Morgan fingerprint density at radius 1 is 1.00 bits per heavy atom. The van der Waals surface area contributed by atoms with E-state index in [1.54, 1.807) is 32.9 Å². The summed E-state index contributed by atoms with van der Waals surface area (Å²) >= 11 is 0. The van der Waals surface area contributed by atoms with E-state index >= 15 is 0 Å². The molecule has 2 fully saturated rings. The van der Waals surface area contributed by atoms with Crippen molar-refractivity contribution >= 4 is 17.8 Å². The van der Waals surface area contributed by atoms with Gasteiger partial charge in [0.15, 0.2) is 11.8 Å². The van der Waals surface area contributed by atoms with E-state index in [2.05, 4.69) is 10.2 Å². The van der Waals surface area contributed by atoms with Crippen LogP contribution in [-0.2, 0) is 14.3 Å². The fraction of sp³-hybridized carbons (Fsp3) is 0.483. The number of likely N-dealkylation sites (tertiary alicyclic amines) is 1. The number of hydrogen-bond acceptors (Lipinski definition) is 6. The van der Waals surface area contributed by atoms with Crippen molar-refractivity contribution in [3.63, 3.8) is 0 Å². The number of rotatable bonds is 7. The average Bonchev–Trinajstić information content (AvgIpc) is 3.26. The van der Waals surface area contributed by atoms with Crippen molar-refractivity contribution in [3.8, 4) is 0 Å². The van der Waals surface area contributed by atoms with Crippen molar-refractivity contribution in [1.29, 1.82) is 0 Å². The van der Waals surface area contributed by atoms with E-state index < -0.39 is 23.7 Å². The third-order valence-corrected chi connectivity index (χ3v) is 6.86. The van der Waals surface area contributed by atoms with Crippen LogP contribution in [0.3, 0.4) is 0 Å². The lowest BCUT2D eigenvalue weighted by molar-refractivity contribution is -0.151. The average molecular weight is 493 g/mol. The first-order valence-corrected chi connectivity index (χ1v) is 12.8. The zero-order chi connectivity index (χ0) is 25.7. The summed E-state index contributed by atoms with van der Waals surface area (Å²) in [6.45, 7) is 6.57. The number of Topliss-reactive ketones (excluding diaryl/α,β-unsaturated/α-hetero) is 1. The summed E-state index contributed by atoms with van der Waals surface area (Å²) in [5.41, 5.74) is 0.676. The lowest BCUT2D eigenvalue weighted by atomic mass is 9.91. The molecule has 1 aliphatic heterocycles. The number of ketones is 1. The van der Waals surface area contributed by atoms with Crippen LogP contribution in [0.1, 0.15) is 68.4 Å². The number of carbonyl (C=O) groups excluding carboxylic acids is 3. The van der Waals surface area contributed by atoms with Crippen molar-refractivity contribution in [1.82, 2.24) is 10.2 Å². The number of nitrogens with one attached hydrogen (secondary N) is 1. The highest BCUT2D eigenvalue weighted by atomic mass is 16.6. The third kappa shape index (κ3) is 6.72. The van der Waals surface area contributed by atoms with Gasteiger partial charge in [-0.3, -0.25) is 9.69 Å². The second-order valence-corrected chi connectivity index (χ2v) is 10.7. The van der Waals surface area contributed by atoms with Gasteiger partial charge in [-0.2, -0.15) is 0 Å². The summed E-state index contributed by atoms with van der Waals surface area (Å²) in [4.78, 5) is 40.8. The zero-order valence-electron chi connectivity index (χ0n) is 21.3. The molecule has 4 atom stereocenters. The molecule has 1 N–H and O–H groups in total. The number of piperidine rings is 1. The number of nitrogens with zero attached hydrogens (tertiary/aromatic N) is 1. The van der Waals surface area contributed by atoms with Gasteiger partial charge in [-0.05, 0) is 58.1 Å². The quantitative estimate of drug-likeness (QED) is 0.436. The normalized spacial score (nSPS) is 22.8. The van der Waals surface area contributed by atoms with E-state index in [1.807, 2.05) is 48.5 Å². The molecule has 7 heteroatoms. The van der Waals surface area contributed by atoms with Crippen LogP contribution in [0, 0.1) is 5.92 Å². The highest BCUT2D eigenvalue weighted by Crippen LogP contribution is 2.39. The molecule has 1 saturated carbocycles. The predicted molar refractivity (Wildman–Crippen MR) is 137 cm³/mol. The van der Waals surface area contributed by atoms with Crippen LogP contribution < -0.4 is 5.32 Å². The Morgan fingerprint density at radius 2 is 1.67 bits per heavy atom. The molecule has 7 nitrogen and oxygen atoms in total. The Balaban J connectivity index is 1.41. The molecule has 0 radical (unpaired) electrons. The van der Waals surface area contributed by atoms with Crippen LogP contribution in [0.5, 0.6) is 0 Å². The number of amides is 1. The lowest BCUT2D eigenvalue weighted by Crippen LogP contribution is -2.45. The van der Waals surface area contributed by atoms with Crippen molar-refractivity contribution in [2.75, 3.05) is 13.1 Å². The first-order valence-electron chi connectivity index (χ1n) is 12.8. The fourth-order valence-electron chi connectivity index (χ4n) is 5.31. The molecule has 2 aliphatic rings. The lowest BCUT2D eigenvalue weighted by Gasteiger charge is -2.36. The highest BCUT2D eigenvalue weighted by Gasteiger charge is 2.42. The van der Waals surface area contributed by atoms with Gasteiger partial charge in [-0.15, -0.1) is 0 Å². The van der Waals surface area contributed by atoms with Crippen LogP contribution >= 0.6 is 0 Å². The van der Waals surface area contributed by atoms with Crippen LogP contribution in [0.25, 0.3) is 0 Å². The molecule has 4 unspecified atom stereocenters. The van der Waals surface area contributed by atoms with Crippen LogP contribution in [0.15, 0.2) is 60.7 Å². The summed E-state index contributed by atoms with van der Waals surface area (Å²) in [6, 6.07) is 17.7. The summed E-state index contributed by atoms with van der Waals surface area (Å²) in [7, 11) is 0. The molecule has 0 bridgehead atoms. The van der Waals surface area contributed by atoms with Crippen LogP contribution in [0.4, 0.5) is 4.79 Å². The summed E-state index contributed by atoms with van der Waals surface area (Å²) in [6.07, 6.45) is 2.61. The first-order chi connectivity index (χ1) is 17.2. The van der Waals surface area contributed by atoms with Crippen molar-refractivity contribution in [2.24, 2.45) is 5.92 Å². The maximum absolute atomic E-state index is 13.3. The molecular weight excluding hydrogens is 456 g/mol. The molecule has 0 aromatic heterocycles. The second-order valence-electron chi connectivity index (χ2n) is 10.7. The number of ether oxygens (including phenoxy) is 2. The van der Waals surface area contributed by atoms with E-state index in [9.17, 15) is 14.4 Å². The monoisotopic (exact) mass is 492 g/mol. The van der Waals surface area contributed by atoms with Gasteiger partial charge in [0, 0.05) is 18.0 Å². The predicted octanol–water partition coefficient (Wildman–Crippen LogP) is 4.92. The topological polar surface area (TPSA) is 84.9 Å². The van der Waals surface area contributed by atoms with E-state index in [0.29, 0.717) is 24.4 Å². The Kier molecular flexibility index (Phi) is 8.09. The molecule has 4 rings (SSSR count). The number of esters is 1. The minimum Gasteiger partial charge on any atom is -0.461 e. The molecular formula is C29H36N2O5. The van der Waals surface area contributed by atoms with Crippen molar-refractivity contribution < 1.29 is 23.9 Å².